The van der Waals surface area contributed by atoms with Crippen LogP contribution in [0, 0.1) is 11.7 Å². The highest BCUT2D eigenvalue weighted by Crippen LogP contribution is 2.42. The number of cyclic esters (lactones) is 1. The summed E-state index contributed by atoms with van der Waals surface area (Å²) in [6, 6.07) is 11.2. The fourth-order valence-electron chi connectivity index (χ4n) is 8.90. The van der Waals surface area contributed by atoms with Crippen LogP contribution in [0.5, 0.6) is 6.01 Å². The van der Waals surface area contributed by atoms with E-state index in [1.165, 1.54) is 0 Å². The van der Waals surface area contributed by atoms with Crippen molar-refractivity contribution in [2.75, 3.05) is 37.7 Å². The molecule has 4 atom stereocenters. The van der Waals surface area contributed by atoms with Gasteiger partial charge in [0.2, 0.25) is 0 Å². The minimum absolute atomic E-state index is 0.0344. The van der Waals surface area contributed by atoms with Gasteiger partial charge in [-0.25, -0.2) is 4.39 Å². The highest BCUT2D eigenvalue weighted by molar-refractivity contribution is 6.36. The maximum absolute atomic E-state index is 16.9. The van der Waals surface area contributed by atoms with Crippen molar-refractivity contribution in [2.45, 2.75) is 69.2 Å². The van der Waals surface area contributed by atoms with Crippen molar-refractivity contribution in [1.29, 1.82) is 0 Å². The molecule has 2 bridgehead atoms. The molecule has 5 fully saturated rings. The predicted molar refractivity (Wildman–Crippen MR) is 178 cm³/mol. The summed E-state index contributed by atoms with van der Waals surface area (Å²) in [7, 11) is 0. The number of rotatable bonds is 6. The number of carbonyl (C=O) groups excluding carboxylic acids is 2. The third-order valence-electron chi connectivity index (χ3n) is 11.4. The summed E-state index contributed by atoms with van der Waals surface area (Å²) >= 11 is 6.64. The summed E-state index contributed by atoms with van der Waals surface area (Å²) in [4.78, 5) is 46.0. The monoisotopic (exact) mass is 670 g/mol. The molecular weight excluding hydrogens is 635 g/mol. The molecular formula is C36H36ClFN6O4. The molecule has 9 rings (SSSR count). The fraction of sp³-hybridized carbons (Fsp3) is 0.472. The van der Waals surface area contributed by atoms with Crippen LogP contribution in [0.4, 0.5) is 10.2 Å². The number of fused-ring (bicyclic) bond motifs is 5. The van der Waals surface area contributed by atoms with Gasteiger partial charge in [-0.15, -0.1) is 0 Å². The second-order valence-corrected chi connectivity index (χ2v) is 14.5. The molecule has 0 aliphatic carbocycles. The minimum atomic E-state index is -0.726. The number of hydrogen-bond donors (Lipinski definition) is 0. The number of ether oxygens (including phenoxy) is 2. The third kappa shape index (κ3) is 4.57. The van der Waals surface area contributed by atoms with Crippen LogP contribution in [0.25, 0.3) is 32.9 Å². The first-order chi connectivity index (χ1) is 23.3. The average molecular weight is 671 g/mol. The van der Waals surface area contributed by atoms with Crippen molar-refractivity contribution in [3.63, 3.8) is 0 Å². The van der Waals surface area contributed by atoms with Crippen molar-refractivity contribution in [3.8, 4) is 17.3 Å². The van der Waals surface area contributed by atoms with Gasteiger partial charge in [0.1, 0.15) is 29.6 Å². The lowest BCUT2D eigenvalue weighted by Crippen LogP contribution is -2.62. The first-order valence-electron chi connectivity index (χ1n) is 17.0. The first-order valence-corrected chi connectivity index (χ1v) is 17.4. The van der Waals surface area contributed by atoms with Crippen LogP contribution >= 0.6 is 11.6 Å². The van der Waals surface area contributed by atoms with Gasteiger partial charge in [0, 0.05) is 47.3 Å². The standard InChI is InChI=1S/C36H36ClFN6O4/c1-20-31(48-34(20)46)33(45)44-22-10-11-23(44)18-42(17-22)32-25-16-39-29(24-8-2-6-21-7-3-9-26(37)27(21)24)28(38)30(25)40-35(41-32)47-19-36-12-4-14-43(36)15-5-13-36/h2-3,6-9,16,20,22-23,31H,4-5,10-15,17-19H2,1H3/t20-,22?,23?,31-/m1/s1. The lowest BCUT2D eigenvalue weighted by Gasteiger charge is -2.44. The van der Waals surface area contributed by atoms with Crippen LogP contribution < -0.4 is 9.64 Å². The van der Waals surface area contributed by atoms with Gasteiger partial charge in [-0.2, -0.15) is 9.97 Å². The zero-order valence-corrected chi connectivity index (χ0v) is 27.5. The molecule has 2 aromatic heterocycles. The maximum atomic E-state index is 16.9. The van der Waals surface area contributed by atoms with E-state index in [0.29, 0.717) is 41.5 Å². The lowest BCUT2D eigenvalue weighted by molar-refractivity contribution is -0.192. The van der Waals surface area contributed by atoms with Gasteiger partial charge in [0.05, 0.1) is 10.9 Å². The highest BCUT2D eigenvalue weighted by Gasteiger charge is 2.52. The van der Waals surface area contributed by atoms with Crippen molar-refractivity contribution < 1.29 is 23.5 Å². The second kappa shape index (κ2) is 11.2. The lowest BCUT2D eigenvalue weighted by atomic mass is 9.95. The van der Waals surface area contributed by atoms with Crippen molar-refractivity contribution in [2.24, 2.45) is 5.92 Å². The van der Waals surface area contributed by atoms with Crippen LogP contribution in [-0.4, -0.2) is 93.1 Å². The van der Waals surface area contributed by atoms with Gasteiger partial charge >= 0.3 is 12.0 Å². The molecule has 4 aromatic rings. The molecule has 248 valence electrons. The highest BCUT2D eigenvalue weighted by atomic mass is 35.5. The van der Waals surface area contributed by atoms with Gasteiger partial charge < -0.3 is 19.3 Å². The molecule has 48 heavy (non-hydrogen) atoms. The molecule has 7 heterocycles. The van der Waals surface area contributed by atoms with E-state index in [9.17, 15) is 9.59 Å². The van der Waals surface area contributed by atoms with Crippen LogP contribution in [0.15, 0.2) is 42.6 Å². The number of anilines is 1. The number of halogens is 2. The van der Waals surface area contributed by atoms with Crippen molar-refractivity contribution in [3.05, 3.63) is 53.4 Å². The first kappa shape index (κ1) is 30.0. The molecule has 5 aliphatic rings. The molecule has 1 amide bonds. The number of aromatic nitrogens is 3. The maximum Gasteiger partial charge on any atom is 0.319 e. The quantitative estimate of drug-likeness (QED) is 0.250. The molecule has 2 aromatic carbocycles. The smallest absolute Gasteiger partial charge is 0.319 e. The summed E-state index contributed by atoms with van der Waals surface area (Å²) in [6.07, 6.45) is 6.96. The molecule has 2 unspecified atom stereocenters. The van der Waals surface area contributed by atoms with Crippen LogP contribution in [0.1, 0.15) is 45.4 Å². The average Bonchev–Trinajstić information content (AvgIpc) is 3.76. The number of amides is 1. The van der Waals surface area contributed by atoms with E-state index in [1.54, 1.807) is 19.2 Å². The van der Waals surface area contributed by atoms with Crippen LogP contribution in [-0.2, 0) is 14.3 Å². The Morgan fingerprint density at radius 3 is 2.52 bits per heavy atom. The fourth-order valence-corrected chi connectivity index (χ4v) is 9.18. The second-order valence-electron chi connectivity index (χ2n) is 14.0. The molecule has 10 nitrogen and oxygen atoms in total. The van der Waals surface area contributed by atoms with Gasteiger partial charge in [-0.3, -0.25) is 19.5 Å². The van der Waals surface area contributed by atoms with Crippen LogP contribution in [0.2, 0.25) is 5.02 Å². The Morgan fingerprint density at radius 2 is 1.81 bits per heavy atom. The SMILES string of the molecule is C[C@H]1C(=O)O[C@H]1C(=O)N1C2CCC1CN(c1nc(OCC34CCCN3CCC4)nc3c(F)c(-c4cccc5cccc(Cl)c45)ncc13)C2. The summed E-state index contributed by atoms with van der Waals surface area (Å²) in [5.74, 6) is -0.919. The van der Waals surface area contributed by atoms with Gasteiger partial charge in [0.15, 0.2) is 11.9 Å². The molecule has 0 spiro atoms. The predicted octanol–water partition coefficient (Wildman–Crippen LogP) is 5.39. The molecule has 0 radical (unpaired) electrons. The Kier molecular flexibility index (Phi) is 7.02. The summed E-state index contributed by atoms with van der Waals surface area (Å²) < 4.78 is 28.5. The van der Waals surface area contributed by atoms with Crippen LogP contribution in [0.3, 0.4) is 0 Å². The normalized spacial score (nSPS) is 26.2. The molecule has 0 saturated carbocycles. The number of nitrogens with zero attached hydrogens (tertiary/aromatic N) is 6. The number of hydrogen-bond acceptors (Lipinski definition) is 9. The Hall–Kier alpha value is -4.09. The summed E-state index contributed by atoms with van der Waals surface area (Å²) in [6.45, 7) is 5.32. The van der Waals surface area contributed by atoms with E-state index < -0.39 is 17.8 Å². The van der Waals surface area contributed by atoms with E-state index >= 15 is 4.39 Å². The Morgan fingerprint density at radius 1 is 1.08 bits per heavy atom. The zero-order valence-electron chi connectivity index (χ0n) is 26.7. The zero-order chi connectivity index (χ0) is 32.7. The number of pyridine rings is 1. The molecule has 12 heteroatoms. The number of piperazine rings is 1. The van der Waals surface area contributed by atoms with Gasteiger partial charge in [0.25, 0.3) is 5.91 Å². The van der Waals surface area contributed by atoms with E-state index in [2.05, 4.69) is 14.8 Å². The Bertz CT molecular complexity index is 1960. The van der Waals surface area contributed by atoms with Crippen molar-refractivity contribution >= 4 is 51.0 Å². The summed E-state index contributed by atoms with van der Waals surface area (Å²) in [5, 5.41) is 2.61. The largest absolute Gasteiger partial charge is 0.461 e. The topological polar surface area (TPSA) is 101 Å². The number of benzene rings is 2. The molecule has 5 saturated heterocycles. The summed E-state index contributed by atoms with van der Waals surface area (Å²) in [5.41, 5.74) is 0.848. The molecule has 0 N–H and O–H groups in total. The Balaban J connectivity index is 1.11. The number of carbonyl (C=O) groups is 2. The van der Waals surface area contributed by atoms with E-state index in [4.69, 9.17) is 31.0 Å². The minimum Gasteiger partial charge on any atom is -0.461 e. The van der Waals surface area contributed by atoms with Crippen molar-refractivity contribution in [1.82, 2.24) is 24.8 Å². The van der Waals surface area contributed by atoms with E-state index in [0.717, 1.165) is 62.4 Å². The number of esters is 1. The molecule has 5 aliphatic heterocycles. The van der Waals surface area contributed by atoms with E-state index in [1.807, 2.05) is 35.2 Å². The van der Waals surface area contributed by atoms with Gasteiger partial charge in [-0.1, -0.05) is 41.9 Å². The van der Waals surface area contributed by atoms with Gasteiger partial charge in [-0.05, 0) is 70.0 Å². The Labute approximate surface area is 282 Å². The van der Waals surface area contributed by atoms with E-state index in [-0.39, 0.29) is 46.7 Å². The third-order valence-corrected chi connectivity index (χ3v) is 11.7.